The van der Waals surface area contributed by atoms with Gasteiger partial charge in [0, 0.05) is 24.0 Å². The van der Waals surface area contributed by atoms with Crippen LogP contribution < -0.4 is 5.32 Å². The summed E-state index contributed by atoms with van der Waals surface area (Å²) < 4.78 is 16.2. The predicted molar refractivity (Wildman–Crippen MR) is 76.9 cm³/mol. The number of hydrogen-bond acceptors (Lipinski definition) is 5. The molecule has 1 saturated carbocycles. The Labute approximate surface area is 125 Å². The van der Waals surface area contributed by atoms with Crippen molar-refractivity contribution in [3.8, 4) is 0 Å². The van der Waals surface area contributed by atoms with E-state index in [9.17, 15) is 4.79 Å². The molecule has 0 unspecified atom stereocenters. The third-order valence-corrected chi connectivity index (χ3v) is 4.73. The first-order chi connectivity index (χ1) is 10.0. The van der Waals surface area contributed by atoms with Crippen molar-refractivity contribution < 1.29 is 18.7 Å². The van der Waals surface area contributed by atoms with E-state index in [-0.39, 0.29) is 11.2 Å². The van der Waals surface area contributed by atoms with Crippen molar-refractivity contribution in [3.05, 3.63) is 23.7 Å². The fourth-order valence-electron chi connectivity index (χ4n) is 3.73. The molecule has 2 heterocycles. The quantitative estimate of drug-likeness (QED) is 0.844. The topological polar surface area (TPSA) is 60.7 Å². The van der Waals surface area contributed by atoms with E-state index < -0.39 is 5.97 Å². The Morgan fingerprint density at radius 3 is 3.05 bits per heavy atom. The van der Waals surface area contributed by atoms with E-state index in [0.717, 1.165) is 18.8 Å². The molecule has 5 nitrogen and oxygen atoms in total. The van der Waals surface area contributed by atoms with E-state index in [1.165, 1.54) is 0 Å². The summed E-state index contributed by atoms with van der Waals surface area (Å²) in [4.78, 5) is 11.6. The number of esters is 1. The SMILES string of the molecule is CCOC(=O)c1ccc(CN[C@@H]2[C@H]3CCO[C@H]3C2(C)C)o1. The summed E-state index contributed by atoms with van der Waals surface area (Å²) in [5, 5.41) is 3.56. The van der Waals surface area contributed by atoms with Crippen LogP contribution in [0.2, 0.25) is 0 Å². The molecule has 0 radical (unpaired) electrons. The van der Waals surface area contributed by atoms with Crippen LogP contribution in [0.25, 0.3) is 0 Å². The maximum absolute atomic E-state index is 11.6. The molecule has 1 aromatic rings. The van der Waals surface area contributed by atoms with Crippen LogP contribution in [0.1, 0.15) is 43.5 Å². The second-order valence-corrected chi connectivity index (χ2v) is 6.41. The molecule has 1 saturated heterocycles. The van der Waals surface area contributed by atoms with Gasteiger partial charge in [0.2, 0.25) is 5.76 Å². The Morgan fingerprint density at radius 1 is 1.48 bits per heavy atom. The van der Waals surface area contributed by atoms with Crippen LogP contribution in [0.4, 0.5) is 0 Å². The number of hydrogen-bond donors (Lipinski definition) is 1. The summed E-state index contributed by atoms with van der Waals surface area (Å²) in [7, 11) is 0. The predicted octanol–water partition coefficient (Wildman–Crippen LogP) is 2.36. The minimum Gasteiger partial charge on any atom is -0.460 e. The van der Waals surface area contributed by atoms with Crippen molar-refractivity contribution in [2.24, 2.45) is 11.3 Å². The zero-order chi connectivity index (χ0) is 15.0. The smallest absolute Gasteiger partial charge is 0.374 e. The molecule has 0 spiro atoms. The van der Waals surface area contributed by atoms with Gasteiger partial charge in [-0.05, 0) is 25.5 Å². The maximum Gasteiger partial charge on any atom is 0.374 e. The summed E-state index contributed by atoms with van der Waals surface area (Å²) in [6.07, 6.45) is 1.50. The van der Waals surface area contributed by atoms with Gasteiger partial charge in [0.15, 0.2) is 0 Å². The summed E-state index contributed by atoms with van der Waals surface area (Å²) in [5.41, 5.74) is 0.151. The van der Waals surface area contributed by atoms with E-state index in [0.29, 0.717) is 31.2 Å². The van der Waals surface area contributed by atoms with Crippen molar-refractivity contribution in [1.82, 2.24) is 5.32 Å². The average molecular weight is 293 g/mol. The fourth-order valence-corrected chi connectivity index (χ4v) is 3.73. The lowest BCUT2D eigenvalue weighted by Crippen LogP contribution is -2.65. The summed E-state index contributed by atoms with van der Waals surface area (Å²) >= 11 is 0. The molecule has 3 rings (SSSR count). The average Bonchev–Trinajstić information content (AvgIpc) is 3.06. The van der Waals surface area contributed by atoms with Gasteiger partial charge in [-0.25, -0.2) is 4.79 Å². The molecule has 0 amide bonds. The third-order valence-electron chi connectivity index (χ3n) is 4.73. The Kier molecular flexibility index (Phi) is 3.80. The van der Waals surface area contributed by atoms with Crippen molar-refractivity contribution in [2.45, 2.75) is 45.9 Å². The first kappa shape index (κ1) is 14.6. The third kappa shape index (κ3) is 2.49. The molecule has 1 aliphatic heterocycles. The zero-order valence-electron chi connectivity index (χ0n) is 12.8. The Bertz CT molecular complexity index is 522. The van der Waals surface area contributed by atoms with Crippen LogP contribution in [0, 0.1) is 11.3 Å². The molecular formula is C16H23NO4. The van der Waals surface area contributed by atoms with E-state index in [1.54, 1.807) is 13.0 Å². The minimum atomic E-state index is -0.406. The number of carbonyl (C=O) groups excluding carboxylic acids is 1. The highest BCUT2D eigenvalue weighted by molar-refractivity contribution is 5.86. The van der Waals surface area contributed by atoms with Crippen molar-refractivity contribution >= 4 is 5.97 Å². The molecule has 1 N–H and O–H groups in total. The van der Waals surface area contributed by atoms with Crippen LogP contribution in [0.3, 0.4) is 0 Å². The van der Waals surface area contributed by atoms with Gasteiger partial charge < -0.3 is 19.2 Å². The van der Waals surface area contributed by atoms with E-state index in [4.69, 9.17) is 13.9 Å². The molecule has 1 aliphatic carbocycles. The summed E-state index contributed by atoms with van der Waals surface area (Å²) in [6.45, 7) is 8.10. The molecule has 1 aromatic heterocycles. The first-order valence-electron chi connectivity index (χ1n) is 7.65. The summed E-state index contributed by atoms with van der Waals surface area (Å²) in [5.74, 6) is 1.22. The largest absolute Gasteiger partial charge is 0.460 e. The van der Waals surface area contributed by atoms with Crippen molar-refractivity contribution in [1.29, 1.82) is 0 Å². The highest BCUT2D eigenvalue weighted by Crippen LogP contribution is 2.52. The van der Waals surface area contributed by atoms with Gasteiger partial charge in [-0.15, -0.1) is 0 Å². The second kappa shape index (κ2) is 5.46. The highest BCUT2D eigenvalue weighted by atomic mass is 16.5. The monoisotopic (exact) mass is 293 g/mol. The van der Waals surface area contributed by atoms with E-state index in [2.05, 4.69) is 19.2 Å². The van der Waals surface area contributed by atoms with Gasteiger partial charge in [0.05, 0.1) is 19.3 Å². The van der Waals surface area contributed by atoms with Gasteiger partial charge in [-0.1, -0.05) is 13.8 Å². The molecule has 116 valence electrons. The number of carbonyl (C=O) groups is 1. The van der Waals surface area contributed by atoms with Gasteiger partial charge in [-0.2, -0.15) is 0 Å². The zero-order valence-corrected chi connectivity index (χ0v) is 12.8. The number of rotatable bonds is 5. The van der Waals surface area contributed by atoms with Crippen LogP contribution in [0.5, 0.6) is 0 Å². The number of ether oxygens (including phenoxy) is 2. The maximum atomic E-state index is 11.6. The Hall–Kier alpha value is -1.33. The molecule has 0 aromatic carbocycles. The van der Waals surface area contributed by atoms with Gasteiger partial charge in [0.25, 0.3) is 0 Å². The van der Waals surface area contributed by atoms with Crippen LogP contribution in [-0.4, -0.2) is 31.3 Å². The lowest BCUT2D eigenvalue weighted by Gasteiger charge is -2.54. The molecule has 21 heavy (non-hydrogen) atoms. The minimum absolute atomic E-state index is 0.151. The van der Waals surface area contributed by atoms with Gasteiger partial charge in [-0.3, -0.25) is 0 Å². The number of fused-ring (bicyclic) bond motifs is 1. The fraction of sp³-hybridized carbons (Fsp3) is 0.688. The Morgan fingerprint density at radius 2 is 2.29 bits per heavy atom. The van der Waals surface area contributed by atoms with Gasteiger partial charge >= 0.3 is 5.97 Å². The number of nitrogens with one attached hydrogen (secondary N) is 1. The summed E-state index contributed by atoms with van der Waals surface area (Å²) in [6, 6.07) is 3.93. The second-order valence-electron chi connectivity index (χ2n) is 6.41. The number of furan rings is 1. The van der Waals surface area contributed by atoms with E-state index >= 15 is 0 Å². The van der Waals surface area contributed by atoms with Crippen molar-refractivity contribution in [3.63, 3.8) is 0 Å². The molecular weight excluding hydrogens is 270 g/mol. The molecule has 0 bridgehead atoms. The van der Waals surface area contributed by atoms with Crippen LogP contribution in [0.15, 0.2) is 16.5 Å². The molecule has 3 atom stereocenters. The standard InChI is InChI=1S/C16H23NO4/c1-4-19-15(18)12-6-5-10(21-12)9-17-13-11-7-8-20-14(11)16(13,2)3/h5-6,11,13-14,17H,4,7-9H2,1-3H3/t11-,13-,14-/m1/s1. The van der Waals surface area contributed by atoms with Crippen LogP contribution >= 0.6 is 0 Å². The Balaban J connectivity index is 1.57. The molecule has 5 heteroatoms. The highest BCUT2D eigenvalue weighted by Gasteiger charge is 2.58. The molecule has 2 aliphatic rings. The van der Waals surface area contributed by atoms with E-state index in [1.807, 2.05) is 6.07 Å². The van der Waals surface area contributed by atoms with Crippen LogP contribution in [-0.2, 0) is 16.0 Å². The lowest BCUT2D eigenvalue weighted by atomic mass is 9.57. The van der Waals surface area contributed by atoms with Crippen molar-refractivity contribution in [2.75, 3.05) is 13.2 Å². The van der Waals surface area contributed by atoms with Gasteiger partial charge in [0.1, 0.15) is 5.76 Å². The molecule has 2 fully saturated rings. The first-order valence-corrected chi connectivity index (χ1v) is 7.65. The normalized spacial score (nSPS) is 29.8. The lowest BCUT2D eigenvalue weighted by molar-refractivity contribution is -0.113.